The number of carbonyl (C=O) groups excluding carboxylic acids is 1. The lowest BCUT2D eigenvalue weighted by Gasteiger charge is -2.09. The minimum Gasteiger partial charge on any atom is -0.380 e. The SMILES string of the molecule is Cc1cccc(CNc2ccc(C(=O)NC(C)C)nc2)c1. The number of amides is 1. The van der Waals surface area contributed by atoms with Crippen molar-refractivity contribution >= 4 is 11.6 Å². The van der Waals surface area contributed by atoms with Gasteiger partial charge in [-0.3, -0.25) is 4.79 Å². The van der Waals surface area contributed by atoms with Crippen LogP contribution < -0.4 is 10.6 Å². The molecule has 0 saturated carbocycles. The highest BCUT2D eigenvalue weighted by Crippen LogP contribution is 2.10. The molecule has 0 aliphatic heterocycles. The second-order valence-electron chi connectivity index (χ2n) is 5.40. The minimum atomic E-state index is -0.143. The molecule has 4 heteroatoms. The van der Waals surface area contributed by atoms with Gasteiger partial charge in [0.15, 0.2) is 0 Å². The normalized spacial score (nSPS) is 10.5. The summed E-state index contributed by atoms with van der Waals surface area (Å²) in [7, 11) is 0. The first-order valence-corrected chi connectivity index (χ1v) is 7.11. The minimum absolute atomic E-state index is 0.110. The molecule has 1 aromatic heterocycles. The first-order chi connectivity index (χ1) is 10.0. The van der Waals surface area contributed by atoms with E-state index in [4.69, 9.17) is 0 Å². The zero-order chi connectivity index (χ0) is 15.2. The molecule has 0 atom stereocenters. The van der Waals surface area contributed by atoms with Gasteiger partial charge >= 0.3 is 0 Å². The topological polar surface area (TPSA) is 54.0 Å². The van der Waals surface area contributed by atoms with Crippen LogP contribution in [0.1, 0.15) is 35.5 Å². The Bertz CT molecular complexity index is 606. The van der Waals surface area contributed by atoms with Crippen LogP contribution in [0, 0.1) is 6.92 Å². The van der Waals surface area contributed by atoms with Crippen LogP contribution in [-0.2, 0) is 6.54 Å². The van der Waals surface area contributed by atoms with Crippen LogP contribution in [-0.4, -0.2) is 16.9 Å². The van der Waals surface area contributed by atoms with Crippen LogP contribution in [0.5, 0.6) is 0 Å². The maximum Gasteiger partial charge on any atom is 0.270 e. The van der Waals surface area contributed by atoms with Crippen molar-refractivity contribution in [1.82, 2.24) is 10.3 Å². The zero-order valence-corrected chi connectivity index (χ0v) is 12.7. The van der Waals surface area contributed by atoms with Crippen LogP contribution in [0.3, 0.4) is 0 Å². The van der Waals surface area contributed by atoms with Crippen molar-refractivity contribution in [2.45, 2.75) is 33.4 Å². The average molecular weight is 283 g/mol. The summed E-state index contributed by atoms with van der Waals surface area (Å²) in [4.78, 5) is 16.0. The van der Waals surface area contributed by atoms with E-state index in [-0.39, 0.29) is 11.9 Å². The Morgan fingerprint density at radius 1 is 1.24 bits per heavy atom. The molecule has 0 aliphatic carbocycles. The number of benzene rings is 1. The number of aryl methyl sites for hydroxylation is 1. The third-order valence-electron chi connectivity index (χ3n) is 3.00. The molecule has 2 N–H and O–H groups in total. The fraction of sp³-hybridized carbons (Fsp3) is 0.294. The molecule has 1 aromatic carbocycles. The highest BCUT2D eigenvalue weighted by molar-refractivity contribution is 5.92. The summed E-state index contributed by atoms with van der Waals surface area (Å²) < 4.78 is 0. The first kappa shape index (κ1) is 15.0. The summed E-state index contributed by atoms with van der Waals surface area (Å²) in [5, 5.41) is 6.12. The first-order valence-electron chi connectivity index (χ1n) is 7.11. The molecule has 2 aromatic rings. The summed E-state index contributed by atoms with van der Waals surface area (Å²) >= 11 is 0. The molecule has 1 amide bonds. The summed E-state index contributed by atoms with van der Waals surface area (Å²) in [5.41, 5.74) is 3.80. The quantitative estimate of drug-likeness (QED) is 0.886. The molecule has 0 spiro atoms. The molecule has 0 fully saturated rings. The van der Waals surface area contributed by atoms with Crippen molar-refractivity contribution in [3.05, 3.63) is 59.4 Å². The van der Waals surface area contributed by atoms with E-state index in [2.05, 4.69) is 40.7 Å². The second kappa shape index (κ2) is 6.88. The predicted molar refractivity (Wildman–Crippen MR) is 85.3 cm³/mol. The van der Waals surface area contributed by atoms with E-state index in [1.807, 2.05) is 26.0 Å². The van der Waals surface area contributed by atoms with E-state index >= 15 is 0 Å². The molecule has 0 unspecified atom stereocenters. The van der Waals surface area contributed by atoms with Crippen molar-refractivity contribution < 1.29 is 4.79 Å². The largest absolute Gasteiger partial charge is 0.380 e. The number of pyridine rings is 1. The Morgan fingerprint density at radius 3 is 2.67 bits per heavy atom. The molecule has 0 aliphatic rings. The van der Waals surface area contributed by atoms with Crippen LogP contribution in [0.2, 0.25) is 0 Å². The van der Waals surface area contributed by atoms with Gasteiger partial charge in [-0.05, 0) is 38.5 Å². The maximum atomic E-state index is 11.8. The van der Waals surface area contributed by atoms with Gasteiger partial charge < -0.3 is 10.6 Å². The number of aromatic nitrogens is 1. The van der Waals surface area contributed by atoms with Crippen molar-refractivity contribution in [1.29, 1.82) is 0 Å². The fourth-order valence-corrected chi connectivity index (χ4v) is 2.00. The molecule has 1 heterocycles. The smallest absolute Gasteiger partial charge is 0.270 e. The number of anilines is 1. The summed E-state index contributed by atoms with van der Waals surface area (Å²) in [5.74, 6) is -0.143. The Hall–Kier alpha value is -2.36. The van der Waals surface area contributed by atoms with Gasteiger partial charge in [-0.15, -0.1) is 0 Å². The Labute approximate surface area is 125 Å². The standard InChI is InChI=1S/C17H21N3O/c1-12(2)20-17(21)16-8-7-15(11-19-16)18-10-14-6-4-5-13(3)9-14/h4-9,11-12,18H,10H2,1-3H3,(H,20,21). The number of nitrogens with one attached hydrogen (secondary N) is 2. The van der Waals surface area contributed by atoms with Gasteiger partial charge in [0.2, 0.25) is 0 Å². The molecule has 2 rings (SSSR count). The highest BCUT2D eigenvalue weighted by Gasteiger charge is 2.07. The maximum absolute atomic E-state index is 11.8. The molecular weight excluding hydrogens is 262 g/mol. The lowest BCUT2D eigenvalue weighted by Crippen LogP contribution is -2.30. The van der Waals surface area contributed by atoms with Crippen LogP contribution in [0.15, 0.2) is 42.6 Å². The summed E-state index contributed by atoms with van der Waals surface area (Å²) in [6, 6.07) is 12.1. The third-order valence-corrected chi connectivity index (χ3v) is 3.00. The van der Waals surface area contributed by atoms with Gasteiger partial charge in [0.05, 0.1) is 11.9 Å². The molecule has 110 valence electrons. The van der Waals surface area contributed by atoms with E-state index in [0.29, 0.717) is 5.69 Å². The second-order valence-corrected chi connectivity index (χ2v) is 5.40. The van der Waals surface area contributed by atoms with Gasteiger partial charge in [-0.25, -0.2) is 4.98 Å². The lowest BCUT2D eigenvalue weighted by atomic mass is 10.1. The highest BCUT2D eigenvalue weighted by atomic mass is 16.1. The van der Waals surface area contributed by atoms with Gasteiger partial charge in [0.25, 0.3) is 5.91 Å². The monoisotopic (exact) mass is 283 g/mol. The van der Waals surface area contributed by atoms with Crippen molar-refractivity contribution in [2.24, 2.45) is 0 Å². The number of nitrogens with zero attached hydrogens (tertiary/aromatic N) is 1. The Balaban J connectivity index is 1.95. The van der Waals surface area contributed by atoms with Crippen LogP contribution in [0.25, 0.3) is 0 Å². The van der Waals surface area contributed by atoms with Gasteiger partial charge in [-0.1, -0.05) is 29.8 Å². The Kier molecular flexibility index (Phi) is 4.93. The molecular formula is C17H21N3O. The predicted octanol–water partition coefficient (Wildman–Crippen LogP) is 3.14. The van der Waals surface area contributed by atoms with Crippen molar-refractivity contribution in [3.8, 4) is 0 Å². The molecule has 0 saturated heterocycles. The summed E-state index contributed by atoms with van der Waals surface area (Å²) in [6.45, 7) is 6.67. The molecule has 4 nitrogen and oxygen atoms in total. The van der Waals surface area contributed by atoms with Crippen LogP contribution >= 0.6 is 0 Å². The molecule has 0 radical (unpaired) electrons. The number of rotatable bonds is 5. The molecule has 0 bridgehead atoms. The van der Waals surface area contributed by atoms with E-state index < -0.39 is 0 Å². The lowest BCUT2D eigenvalue weighted by molar-refractivity contribution is 0.0938. The zero-order valence-electron chi connectivity index (χ0n) is 12.7. The van der Waals surface area contributed by atoms with Crippen molar-refractivity contribution in [3.63, 3.8) is 0 Å². The number of hydrogen-bond donors (Lipinski definition) is 2. The van der Waals surface area contributed by atoms with E-state index in [0.717, 1.165) is 12.2 Å². The van der Waals surface area contributed by atoms with Gasteiger partial charge in [0.1, 0.15) is 5.69 Å². The molecule has 21 heavy (non-hydrogen) atoms. The average Bonchev–Trinajstić information content (AvgIpc) is 2.45. The van der Waals surface area contributed by atoms with Gasteiger partial charge in [0, 0.05) is 12.6 Å². The Morgan fingerprint density at radius 2 is 2.05 bits per heavy atom. The number of hydrogen-bond acceptors (Lipinski definition) is 3. The number of carbonyl (C=O) groups is 1. The van der Waals surface area contributed by atoms with Gasteiger partial charge in [-0.2, -0.15) is 0 Å². The van der Waals surface area contributed by atoms with Crippen molar-refractivity contribution in [2.75, 3.05) is 5.32 Å². The van der Waals surface area contributed by atoms with Crippen LogP contribution in [0.4, 0.5) is 5.69 Å². The van der Waals surface area contributed by atoms with E-state index in [1.165, 1.54) is 11.1 Å². The van der Waals surface area contributed by atoms with E-state index in [9.17, 15) is 4.79 Å². The summed E-state index contributed by atoms with van der Waals surface area (Å²) in [6.07, 6.45) is 1.69. The fourth-order valence-electron chi connectivity index (χ4n) is 2.00. The third kappa shape index (κ3) is 4.60. The van der Waals surface area contributed by atoms with E-state index in [1.54, 1.807) is 12.3 Å².